The second-order valence-corrected chi connectivity index (χ2v) is 12.1. The van der Waals surface area contributed by atoms with Gasteiger partial charge in [-0.05, 0) is 104 Å². The van der Waals surface area contributed by atoms with Crippen LogP contribution in [0.2, 0.25) is 0 Å². The van der Waals surface area contributed by atoms with Gasteiger partial charge in [-0.1, -0.05) is 45.0 Å². The van der Waals surface area contributed by atoms with E-state index in [1.54, 1.807) is 0 Å². The van der Waals surface area contributed by atoms with Gasteiger partial charge in [0, 0.05) is 19.2 Å². The van der Waals surface area contributed by atoms with E-state index < -0.39 is 5.41 Å². The summed E-state index contributed by atoms with van der Waals surface area (Å²) in [5.41, 5.74) is 4.89. The summed E-state index contributed by atoms with van der Waals surface area (Å²) in [5, 5.41) is 6.19. The molecule has 40 heavy (non-hydrogen) atoms. The summed E-state index contributed by atoms with van der Waals surface area (Å²) in [6, 6.07) is 19.6. The van der Waals surface area contributed by atoms with Gasteiger partial charge in [0.25, 0.3) is 5.91 Å². The molecule has 0 saturated heterocycles. The fourth-order valence-corrected chi connectivity index (χ4v) is 5.23. The average molecular weight is 544 g/mol. The minimum absolute atomic E-state index is 0. The van der Waals surface area contributed by atoms with Crippen molar-refractivity contribution in [2.45, 2.75) is 50.9 Å². The Bertz CT molecular complexity index is 1410. The van der Waals surface area contributed by atoms with Gasteiger partial charge in [-0.15, -0.1) is 0 Å². The Hall–Kier alpha value is -3.84. The number of ether oxygens (including phenoxy) is 2. The fourth-order valence-electron chi connectivity index (χ4n) is 5.23. The van der Waals surface area contributed by atoms with Gasteiger partial charge in [0.15, 0.2) is 11.5 Å². The molecule has 1 aliphatic carbocycles. The zero-order valence-corrected chi connectivity index (χ0v) is 24.1. The van der Waals surface area contributed by atoms with E-state index in [1.807, 2.05) is 68.7 Å². The van der Waals surface area contributed by atoms with Crippen LogP contribution in [-0.2, 0) is 15.6 Å². The zero-order valence-electron chi connectivity index (χ0n) is 24.1. The lowest BCUT2D eigenvalue weighted by Crippen LogP contribution is -2.28. The van der Waals surface area contributed by atoms with Crippen LogP contribution >= 0.6 is 0 Å². The molecule has 7 nitrogen and oxygen atoms in total. The molecule has 0 unspecified atom stereocenters. The maximum atomic E-state index is 13.6. The van der Waals surface area contributed by atoms with Crippen LogP contribution in [0.5, 0.6) is 11.5 Å². The Balaban J connectivity index is 0.00000387. The molecule has 1 saturated carbocycles. The minimum Gasteiger partial charge on any atom is -0.454 e. The van der Waals surface area contributed by atoms with Crippen LogP contribution in [0.3, 0.4) is 0 Å². The molecule has 0 spiro atoms. The molecule has 5 rings (SSSR count). The summed E-state index contributed by atoms with van der Waals surface area (Å²) in [5.74, 6) is 1.33. The third-order valence-corrected chi connectivity index (χ3v) is 7.72. The molecule has 0 radical (unpaired) electrons. The van der Waals surface area contributed by atoms with Crippen molar-refractivity contribution >= 4 is 17.5 Å². The van der Waals surface area contributed by atoms with Crippen molar-refractivity contribution in [3.8, 4) is 22.6 Å². The first-order valence-corrected chi connectivity index (χ1v) is 14.0. The maximum absolute atomic E-state index is 13.6. The minimum atomic E-state index is -0.550. The summed E-state index contributed by atoms with van der Waals surface area (Å²) < 4.78 is 11.0. The van der Waals surface area contributed by atoms with E-state index in [0.29, 0.717) is 17.9 Å². The number of fused-ring (bicyclic) bond motifs is 1. The first-order valence-electron chi connectivity index (χ1n) is 14.0. The van der Waals surface area contributed by atoms with E-state index in [0.717, 1.165) is 53.9 Å². The first-order chi connectivity index (χ1) is 19.1. The zero-order chi connectivity index (χ0) is 28.5. The summed E-state index contributed by atoms with van der Waals surface area (Å²) in [4.78, 5) is 28.3. The van der Waals surface area contributed by atoms with E-state index in [1.165, 1.54) is 5.56 Å². The molecule has 1 heterocycles. The largest absolute Gasteiger partial charge is 0.454 e. The van der Waals surface area contributed by atoms with Crippen LogP contribution in [0.15, 0.2) is 60.7 Å². The van der Waals surface area contributed by atoms with Crippen LogP contribution in [0.1, 0.15) is 62.9 Å². The Kier molecular flexibility index (Phi) is 7.60. The molecule has 2 aliphatic rings. The van der Waals surface area contributed by atoms with Crippen LogP contribution < -0.4 is 20.1 Å². The van der Waals surface area contributed by atoms with E-state index in [2.05, 4.69) is 42.4 Å². The number of rotatable bonds is 9. The van der Waals surface area contributed by atoms with Gasteiger partial charge in [0.2, 0.25) is 12.7 Å². The SMILES string of the molecule is CN(C)CCCNC(=O)c1ccc(-c2cc(NC(=O)C3(c4ccc5c(c4)OCO5)CC3)ccc2C(C)(C)C)cc1.[HH]. The number of benzene rings is 3. The monoisotopic (exact) mass is 543 g/mol. The Morgan fingerprint density at radius 2 is 1.68 bits per heavy atom. The quantitative estimate of drug-likeness (QED) is 0.325. The third-order valence-electron chi connectivity index (χ3n) is 7.72. The van der Waals surface area contributed by atoms with Gasteiger partial charge >= 0.3 is 0 Å². The molecule has 3 aromatic rings. The van der Waals surface area contributed by atoms with Crippen molar-refractivity contribution in [3.05, 3.63) is 77.4 Å². The highest BCUT2D eigenvalue weighted by atomic mass is 16.7. The van der Waals surface area contributed by atoms with Crippen molar-refractivity contribution < 1.29 is 20.5 Å². The average Bonchev–Trinajstić information content (AvgIpc) is 3.61. The van der Waals surface area contributed by atoms with Crippen LogP contribution in [0.4, 0.5) is 5.69 Å². The molecule has 2 amide bonds. The molecular formula is C33H41N3O4. The van der Waals surface area contributed by atoms with Crippen LogP contribution in [0.25, 0.3) is 11.1 Å². The third kappa shape index (κ3) is 5.85. The van der Waals surface area contributed by atoms with Crippen LogP contribution in [0, 0.1) is 0 Å². The predicted octanol–water partition coefficient (Wildman–Crippen LogP) is 5.98. The molecule has 0 aromatic heterocycles. The number of hydrogen-bond donors (Lipinski definition) is 2. The molecule has 1 fully saturated rings. The highest BCUT2D eigenvalue weighted by molar-refractivity contribution is 6.02. The first kappa shape index (κ1) is 27.7. The van der Waals surface area contributed by atoms with E-state index >= 15 is 0 Å². The molecule has 7 heteroatoms. The number of amides is 2. The number of hydrogen-bond acceptors (Lipinski definition) is 5. The van der Waals surface area contributed by atoms with Gasteiger partial charge in [-0.3, -0.25) is 9.59 Å². The summed E-state index contributed by atoms with van der Waals surface area (Å²) in [7, 11) is 4.05. The second-order valence-electron chi connectivity index (χ2n) is 12.1. The maximum Gasteiger partial charge on any atom is 0.251 e. The highest BCUT2D eigenvalue weighted by Gasteiger charge is 2.51. The van der Waals surface area contributed by atoms with Crippen molar-refractivity contribution in [3.63, 3.8) is 0 Å². The van der Waals surface area contributed by atoms with Gasteiger partial charge in [0.1, 0.15) is 0 Å². The highest BCUT2D eigenvalue weighted by Crippen LogP contribution is 2.51. The lowest BCUT2D eigenvalue weighted by atomic mass is 9.81. The molecule has 2 N–H and O–H groups in total. The Morgan fingerprint density at radius 3 is 2.35 bits per heavy atom. The van der Waals surface area contributed by atoms with Crippen molar-refractivity contribution in [1.29, 1.82) is 0 Å². The van der Waals surface area contributed by atoms with Crippen LogP contribution in [-0.4, -0.2) is 50.7 Å². The Morgan fingerprint density at radius 1 is 0.950 bits per heavy atom. The molecule has 212 valence electrons. The van der Waals surface area contributed by atoms with Gasteiger partial charge in [0.05, 0.1) is 5.41 Å². The van der Waals surface area contributed by atoms with Gasteiger partial charge in [-0.2, -0.15) is 0 Å². The molecule has 0 bridgehead atoms. The summed E-state index contributed by atoms with van der Waals surface area (Å²) >= 11 is 0. The number of carbonyl (C=O) groups excluding carboxylic acids is 2. The standard InChI is InChI=1S/C33H39N3O4.H2/c1-32(2,3)27-13-12-25(35-31(38)33(15-16-33)24-11-14-28-29(19-24)40-21-39-28)20-26(27)22-7-9-23(10-8-22)30(37)34-17-6-18-36(4)5;/h7-14,19-20H,6,15-18,21H2,1-5H3,(H,34,37)(H,35,38);1H. The predicted molar refractivity (Wildman–Crippen MR) is 160 cm³/mol. The summed E-state index contributed by atoms with van der Waals surface area (Å²) in [6.07, 6.45) is 2.49. The van der Waals surface area contributed by atoms with Crippen molar-refractivity contribution in [2.75, 3.05) is 39.3 Å². The summed E-state index contributed by atoms with van der Waals surface area (Å²) in [6.45, 7) is 8.32. The van der Waals surface area contributed by atoms with E-state index in [-0.39, 0.29) is 25.4 Å². The smallest absolute Gasteiger partial charge is 0.251 e. The topological polar surface area (TPSA) is 79.9 Å². The number of nitrogens with zero attached hydrogens (tertiary/aromatic N) is 1. The van der Waals surface area contributed by atoms with Crippen molar-refractivity contribution in [1.82, 2.24) is 10.2 Å². The van der Waals surface area contributed by atoms with Gasteiger partial charge < -0.3 is 25.0 Å². The Labute approximate surface area is 238 Å². The molecule has 3 aromatic carbocycles. The number of anilines is 1. The molecular weight excluding hydrogens is 502 g/mol. The normalized spacial score (nSPS) is 15.2. The number of carbonyl (C=O) groups is 2. The lowest BCUT2D eigenvalue weighted by Gasteiger charge is -2.24. The number of nitrogens with one attached hydrogen (secondary N) is 2. The van der Waals surface area contributed by atoms with E-state index in [4.69, 9.17) is 9.47 Å². The van der Waals surface area contributed by atoms with Gasteiger partial charge in [-0.25, -0.2) is 0 Å². The molecule has 1 aliphatic heterocycles. The van der Waals surface area contributed by atoms with E-state index in [9.17, 15) is 9.59 Å². The lowest BCUT2D eigenvalue weighted by molar-refractivity contribution is -0.118. The fraction of sp³-hybridized carbons (Fsp3) is 0.394. The molecule has 0 atom stereocenters. The second kappa shape index (κ2) is 11.0. The van der Waals surface area contributed by atoms with Crippen molar-refractivity contribution in [2.24, 2.45) is 0 Å².